The molecule has 0 aliphatic rings. The molecule has 0 bridgehead atoms. The lowest BCUT2D eigenvalue weighted by atomic mass is 10.3. The van der Waals surface area contributed by atoms with Crippen LogP contribution in [0.2, 0.25) is 10.0 Å². The Labute approximate surface area is 134 Å². The lowest BCUT2D eigenvalue weighted by Gasteiger charge is -2.06. The molecule has 3 rings (SSSR count). The Morgan fingerprint density at radius 2 is 2.10 bits per heavy atom. The lowest BCUT2D eigenvalue weighted by molar-refractivity contribution is 0.103. The number of halogens is 2. The van der Waals surface area contributed by atoms with E-state index in [4.69, 9.17) is 28.9 Å². The van der Waals surface area contributed by atoms with E-state index >= 15 is 0 Å². The molecule has 0 atom stereocenters. The number of thiophene rings is 1. The molecule has 2 aromatic heterocycles. The molecule has 0 saturated heterocycles. The van der Waals surface area contributed by atoms with Gasteiger partial charge in [0.1, 0.15) is 10.4 Å². The van der Waals surface area contributed by atoms with Crippen LogP contribution in [-0.4, -0.2) is 10.9 Å². The average molecular weight is 338 g/mol. The van der Waals surface area contributed by atoms with Gasteiger partial charge in [0.25, 0.3) is 5.91 Å². The van der Waals surface area contributed by atoms with Crippen molar-refractivity contribution in [3.05, 3.63) is 51.5 Å². The predicted octanol–water partition coefficient (Wildman–Crippen LogP) is 4.44. The smallest absolute Gasteiger partial charge is 0.268 e. The Kier molecular flexibility index (Phi) is 3.71. The minimum atomic E-state index is -0.334. The van der Waals surface area contributed by atoms with Gasteiger partial charge in [0, 0.05) is 11.2 Å². The maximum absolute atomic E-state index is 12.4. The number of hydrogen-bond donors (Lipinski definition) is 2. The normalized spacial score (nSPS) is 10.8. The van der Waals surface area contributed by atoms with Crippen LogP contribution in [0, 0.1) is 0 Å². The van der Waals surface area contributed by atoms with E-state index in [0.29, 0.717) is 31.8 Å². The second-order valence-electron chi connectivity index (χ2n) is 4.27. The van der Waals surface area contributed by atoms with Crippen LogP contribution in [0.15, 0.2) is 36.5 Å². The van der Waals surface area contributed by atoms with Crippen molar-refractivity contribution in [3.63, 3.8) is 0 Å². The first-order valence-electron chi connectivity index (χ1n) is 5.95. The van der Waals surface area contributed by atoms with Gasteiger partial charge in [0.15, 0.2) is 0 Å². The fourth-order valence-corrected chi connectivity index (χ4v) is 3.20. The number of amides is 1. The van der Waals surface area contributed by atoms with Crippen LogP contribution in [0.4, 0.5) is 11.4 Å². The van der Waals surface area contributed by atoms with Gasteiger partial charge in [-0.2, -0.15) is 0 Å². The molecule has 0 spiro atoms. The highest BCUT2D eigenvalue weighted by atomic mass is 35.5. The van der Waals surface area contributed by atoms with Crippen molar-refractivity contribution in [2.75, 3.05) is 11.1 Å². The maximum Gasteiger partial charge on any atom is 0.268 e. The van der Waals surface area contributed by atoms with E-state index in [2.05, 4.69) is 10.3 Å². The van der Waals surface area contributed by atoms with Crippen LogP contribution in [0.25, 0.3) is 10.2 Å². The van der Waals surface area contributed by atoms with E-state index in [-0.39, 0.29) is 5.91 Å². The van der Waals surface area contributed by atoms with E-state index < -0.39 is 0 Å². The zero-order chi connectivity index (χ0) is 15.0. The average Bonchev–Trinajstić information content (AvgIpc) is 2.81. The molecule has 0 aliphatic heterocycles. The maximum atomic E-state index is 12.4. The molecular formula is C14H9Cl2N3OS. The van der Waals surface area contributed by atoms with Gasteiger partial charge >= 0.3 is 0 Å². The van der Waals surface area contributed by atoms with Gasteiger partial charge in [-0.05, 0) is 30.3 Å². The number of anilines is 2. The summed E-state index contributed by atoms with van der Waals surface area (Å²) in [6.45, 7) is 0. The Hall–Kier alpha value is -1.82. The molecule has 2 heterocycles. The third-order valence-corrected chi connectivity index (χ3v) is 4.59. The van der Waals surface area contributed by atoms with Crippen LogP contribution in [0.5, 0.6) is 0 Å². The first-order valence-corrected chi connectivity index (χ1v) is 7.53. The van der Waals surface area contributed by atoms with E-state index in [0.717, 1.165) is 4.70 Å². The number of rotatable bonds is 2. The van der Waals surface area contributed by atoms with Crippen molar-refractivity contribution >= 4 is 62.0 Å². The molecule has 7 heteroatoms. The van der Waals surface area contributed by atoms with E-state index in [1.165, 1.54) is 11.3 Å². The summed E-state index contributed by atoms with van der Waals surface area (Å²) in [6, 6.07) is 8.52. The van der Waals surface area contributed by atoms with Crippen LogP contribution >= 0.6 is 34.5 Å². The topological polar surface area (TPSA) is 68.0 Å². The Morgan fingerprint density at radius 1 is 1.29 bits per heavy atom. The van der Waals surface area contributed by atoms with E-state index in [1.54, 1.807) is 30.5 Å². The van der Waals surface area contributed by atoms with E-state index in [9.17, 15) is 4.79 Å². The zero-order valence-corrected chi connectivity index (χ0v) is 12.9. The minimum absolute atomic E-state index is 0.334. The van der Waals surface area contributed by atoms with Crippen LogP contribution in [0.1, 0.15) is 9.67 Å². The molecule has 4 nitrogen and oxygen atoms in total. The van der Waals surface area contributed by atoms with Gasteiger partial charge in [0.05, 0.1) is 21.1 Å². The van der Waals surface area contributed by atoms with Gasteiger partial charge in [-0.15, -0.1) is 11.3 Å². The molecule has 0 saturated carbocycles. The monoisotopic (exact) mass is 337 g/mol. The summed E-state index contributed by atoms with van der Waals surface area (Å²) in [5.41, 5.74) is 7.43. The molecular weight excluding hydrogens is 329 g/mol. The molecule has 0 fully saturated rings. The minimum Gasteiger partial charge on any atom is -0.396 e. The number of aromatic nitrogens is 1. The molecule has 1 aromatic carbocycles. The third kappa shape index (κ3) is 2.68. The van der Waals surface area contributed by atoms with Crippen molar-refractivity contribution in [3.8, 4) is 0 Å². The molecule has 3 N–H and O–H groups in total. The predicted molar refractivity (Wildman–Crippen MR) is 88.4 cm³/mol. The number of carbonyl (C=O) groups is 1. The summed E-state index contributed by atoms with van der Waals surface area (Å²) >= 11 is 13.2. The summed E-state index contributed by atoms with van der Waals surface area (Å²) in [6.07, 6.45) is 1.64. The van der Waals surface area contributed by atoms with Crippen molar-refractivity contribution in [2.45, 2.75) is 0 Å². The molecule has 21 heavy (non-hydrogen) atoms. The highest BCUT2D eigenvalue weighted by molar-refractivity contribution is 7.21. The number of nitrogen functional groups attached to an aromatic ring is 1. The standard InChI is InChI=1S/C14H9Cl2N3OS/c15-7-3-4-8(16)9(6-7)19-14(20)13-11(17)12-10(21-13)2-1-5-18-12/h1-6H,17H2,(H,19,20). The van der Waals surface area contributed by atoms with E-state index in [1.807, 2.05) is 6.07 Å². The summed E-state index contributed by atoms with van der Waals surface area (Å²) in [5.74, 6) is -0.334. The largest absolute Gasteiger partial charge is 0.396 e. The second kappa shape index (κ2) is 5.52. The number of nitrogens with one attached hydrogen (secondary N) is 1. The number of pyridine rings is 1. The Balaban J connectivity index is 1.97. The van der Waals surface area contributed by atoms with Gasteiger partial charge < -0.3 is 11.1 Å². The number of hydrogen-bond acceptors (Lipinski definition) is 4. The SMILES string of the molecule is Nc1c(C(=O)Nc2cc(Cl)ccc2Cl)sc2cccnc12. The first-order chi connectivity index (χ1) is 10.1. The molecule has 3 aromatic rings. The lowest BCUT2D eigenvalue weighted by Crippen LogP contribution is -2.12. The number of carbonyl (C=O) groups excluding carboxylic acids is 1. The summed E-state index contributed by atoms with van der Waals surface area (Å²) in [4.78, 5) is 16.9. The van der Waals surface area contributed by atoms with Crippen LogP contribution in [-0.2, 0) is 0 Å². The highest BCUT2D eigenvalue weighted by Gasteiger charge is 2.18. The first kappa shape index (κ1) is 14.1. The van der Waals surface area contributed by atoms with Gasteiger partial charge in [-0.3, -0.25) is 9.78 Å². The highest BCUT2D eigenvalue weighted by Crippen LogP contribution is 2.33. The molecule has 0 unspecified atom stereocenters. The fraction of sp³-hybridized carbons (Fsp3) is 0. The number of fused-ring (bicyclic) bond motifs is 1. The second-order valence-corrected chi connectivity index (χ2v) is 6.17. The summed E-state index contributed by atoms with van der Waals surface area (Å²) in [5, 5.41) is 3.61. The Bertz CT molecular complexity index is 847. The zero-order valence-electron chi connectivity index (χ0n) is 10.6. The van der Waals surface area contributed by atoms with Gasteiger partial charge in [-0.1, -0.05) is 23.2 Å². The quantitative estimate of drug-likeness (QED) is 0.726. The van der Waals surface area contributed by atoms with Crippen molar-refractivity contribution in [2.24, 2.45) is 0 Å². The third-order valence-electron chi connectivity index (χ3n) is 2.87. The molecule has 0 radical (unpaired) electrons. The van der Waals surface area contributed by atoms with Gasteiger partial charge in [0.2, 0.25) is 0 Å². The van der Waals surface area contributed by atoms with Crippen molar-refractivity contribution in [1.29, 1.82) is 0 Å². The fourth-order valence-electron chi connectivity index (χ4n) is 1.89. The number of nitrogens with zero attached hydrogens (tertiary/aromatic N) is 1. The van der Waals surface area contributed by atoms with Crippen LogP contribution < -0.4 is 11.1 Å². The molecule has 106 valence electrons. The van der Waals surface area contributed by atoms with Gasteiger partial charge in [-0.25, -0.2) is 0 Å². The molecule has 0 aliphatic carbocycles. The Morgan fingerprint density at radius 3 is 2.86 bits per heavy atom. The van der Waals surface area contributed by atoms with Crippen molar-refractivity contribution in [1.82, 2.24) is 4.98 Å². The van der Waals surface area contributed by atoms with Crippen molar-refractivity contribution < 1.29 is 4.79 Å². The number of benzene rings is 1. The summed E-state index contributed by atoms with van der Waals surface area (Å²) in [7, 11) is 0. The molecule has 1 amide bonds. The van der Waals surface area contributed by atoms with Crippen LogP contribution in [0.3, 0.4) is 0 Å². The number of nitrogens with two attached hydrogens (primary N) is 1. The summed E-state index contributed by atoms with van der Waals surface area (Å²) < 4.78 is 0.859.